The number of nitrogens with one attached hydrogen (secondary N) is 1. The third-order valence-electron chi connectivity index (χ3n) is 3.41. The van der Waals surface area contributed by atoms with Crippen molar-refractivity contribution in [3.05, 3.63) is 86.3 Å². The molecular formula is C18H11BrN4O6. The Morgan fingerprint density at radius 3 is 2.62 bits per heavy atom. The van der Waals surface area contributed by atoms with Crippen molar-refractivity contribution in [2.24, 2.45) is 5.10 Å². The van der Waals surface area contributed by atoms with Gasteiger partial charge in [0.25, 0.3) is 5.91 Å². The number of furan rings is 1. The van der Waals surface area contributed by atoms with Crippen LogP contribution in [0.3, 0.4) is 0 Å². The van der Waals surface area contributed by atoms with Crippen LogP contribution >= 0.6 is 15.9 Å². The molecular weight excluding hydrogens is 448 g/mol. The molecule has 1 aromatic carbocycles. The number of nitrogens with zero attached hydrogens (tertiary/aromatic N) is 3. The van der Waals surface area contributed by atoms with Crippen LogP contribution in [-0.4, -0.2) is 28.0 Å². The van der Waals surface area contributed by atoms with E-state index in [4.69, 9.17) is 9.15 Å². The summed E-state index contributed by atoms with van der Waals surface area (Å²) in [6, 6.07) is 10.0. The topological polar surface area (TPSA) is 137 Å². The van der Waals surface area contributed by atoms with Crippen LogP contribution in [0.25, 0.3) is 0 Å². The van der Waals surface area contributed by atoms with E-state index in [9.17, 15) is 19.7 Å². The van der Waals surface area contributed by atoms with E-state index in [2.05, 4.69) is 31.4 Å². The number of benzene rings is 1. The predicted molar refractivity (Wildman–Crippen MR) is 104 cm³/mol. The highest BCUT2D eigenvalue weighted by Crippen LogP contribution is 2.18. The number of hydrogen-bond acceptors (Lipinski definition) is 8. The van der Waals surface area contributed by atoms with Crippen LogP contribution in [0, 0.1) is 10.1 Å². The van der Waals surface area contributed by atoms with Crippen molar-refractivity contribution in [2.45, 2.75) is 0 Å². The maximum atomic E-state index is 11.9. The molecule has 0 aliphatic heterocycles. The summed E-state index contributed by atoms with van der Waals surface area (Å²) in [6.45, 7) is 0. The number of ether oxygens (including phenoxy) is 1. The minimum Gasteiger partial charge on any atom is -0.421 e. The van der Waals surface area contributed by atoms with Crippen LogP contribution in [0.15, 0.2) is 68.8 Å². The van der Waals surface area contributed by atoms with Crippen molar-refractivity contribution in [3.63, 3.8) is 0 Å². The quantitative estimate of drug-likeness (QED) is 0.196. The summed E-state index contributed by atoms with van der Waals surface area (Å²) in [5.41, 5.74) is 3.35. The first-order valence-corrected chi connectivity index (χ1v) is 8.72. The van der Waals surface area contributed by atoms with Gasteiger partial charge in [0.2, 0.25) is 5.76 Å². The first-order chi connectivity index (χ1) is 13.9. The molecule has 146 valence electrons. The second kappa shape index (κ2) is 8.89. The molecule has 0 saturated heterocycles. The van der Waals surface area contributed by atoms with E-state index in [-0.39, 0.29) is 11.5 Å². The number of rotatable bonds is 6. The zero-order chi connectivity index (χ0) is 20.8. The molecule has 0 bridgehead atoms. The third-order valence-corrected chi connectivity index (χ3v) is 3.84. The normalized spacial score (nSPS) is 10.7. The maximum absolute atomic E-state index is 11.9. The lowest BCUT2D eigenvalue weighted by Crippen LogP contribution is -2.17. The molecule has 10 nitrogen and oxygen atoms in total. The van der Waals surface area contributed by atoms with Crippen molar-refractivity contribution < 1.29 is 23.7 Å². The Hall–Kier alpha value is -3.86. The molecule has 3 rings (SSSR count). The van der Waals surface area contributed by atoms with Gasteiger partial charge >= 0.3 is 11.9 Å². The maximum Gasteiger partial charge on any atom is 0.433 e. The summed E-state index contributed by atoms with van der Waals surface area (Å²) < 4.78 is 10.5. The minimum absolute atomic E-state index is 0.204. The molecule has 2 aromatic heterocycles. The van der Waals surface area contributed by atoms with Crippen LogP contribution in [0.5, 0.6) is 5.75 Å². The van der Waals surface area contributed by atoms with Gasteiger partial charge in [-0.1, -0.05) is 0 Å². The molecule has 0 saturated carbocycles. The number of aromatic nitrogens is 1. The first-order valence-electron chi connectivity index (χ1n) is 7.93. The number of hydrazone groups is 1. The van der Waals surface area contributed by atoms with Gasteiger partial charge in [0.1, 0.15) is 10.7 Å². The van der Waals surface area contributed by atoms with Gasteiger partial charge in [-0.2, -0.15) is 5.10 Å². The Labute approximate surface area is 171 Å². The molecule has 0 aliphatic rings. The first kappa shape index (κ1) is 19.9. The smallest absolute Gasteiger partial charge is 0.421 e. The SMILES string of the molecule is O=C(NN=Cc1ccc(OC(=O)c2ccc([N+](=O)[O-])o2)cc1)c1cncc(Br)c1. The Bertz CT molecular complexity index is 1090. The molecule has 1 amide bonds. The van der Waals surface area contributed by atoms with E-state index >= 15 is 0 Å². The number of esters is 1. The molecule has 11 heteroatoms. The second-order valence-electron chi connectivity index (χ2n) is 5.44. The third kappa shape index (κ3) is 5.32. The van der Waals surface area contributed by atoms with Crippen molar-refractivity contribution >= 4 is 39.9 Å². The summed E-state index contributed by atoms with van der Waals surface area (Å²) in [5.74, 6) is -1.92. The zero-order valence-electron chi connectivity index (χ0n) is 14.4. The van der Waals surface area contributed by atoms with Crippen molar-refractivity contribution in [3.8, 4) is 5.75 Å². The van der Waals surface area contributed by atoms with E-state index in [0.717, 1.165) is 12.1 Å². The molecule has 0 aliphatic carbocycles. The second-order valence-corrected chi connectivity index (χ2v) is 6.36. The molecule has 0 atom stereocenters. The van der Waals surface area contributed by atoms with Gasteiger partial charge in [0, 0.05) is 16.9 Å². The van der Waals surface area contributed by atoms with Gasteiger partial charge < -0.3 is 9.15 Å². The number of pyridine rings is 1. The average molecular weight is 459 g/mol. The summed E-state index contributed by atoms with van der Waals surface area (Å²) in [7, 11) is 0. The van der Waals surface area contributed by atoms with Crippen molar-refractivity contribution in [1.29, 1.82) is 0 Å². The van der Waals surface area contributed by atoms with Gasteiger partial charge in [-0.25, -0.2) is 10.2 Å². The van der Waals surface area contributed by atoms with Crippen LogP contribution < -0.4 is 10.2 Å². The monoisotopic (exact) mass is 458 g/mol. The highest BCUT2D eigenvalue weighted by molar-refractivity contribution is 9.10. The number of nitro groups is 1. The van der Waals surface area contributed by atoms with Gasteiger partial charge in [-0.15, -0.1) is 0 Å². The summed E-state index contributed by atoms with van der Waals surface area (Å²) >= 11 is 3.23. The van der Waals surface area contributed by atoms with E-state index in [1.54, 1.807) is 24.4 Å². The van der Waals surface area contributed by atoms with Crippen molar-refractivity contribution in [1.82, 2.24) is 10.4 Å². The number of amides is 1. The molecule has 2 heterocycles. The molecule has 0 spiro atoms. The van der Waals surface area contributed by atoms with Crippen molar-refractivity contribution in [2.75, 3.05) is 0 Å². The highest BCUT2D eigenvalue weighted by atomic mass is 79.9. The molecule has 29 heavy (non-hydrogen) atoms. The molecule has 0 fully saturated rings. The predicted octanol–water partition coefficient (Wildman–Crippen LogP) is 3.33. The van der Waals surface area contributed by atoms with Crippen LogP contribution in [0.1, 0.15) is 26.5 Å². The van der Waals surface area contributed by atoms with E-state index in [1.165, 1.54) is 24.5 Å². The fourth-order valence-corrected chi connectivity index (χ4v) is 2.45. The van der Waals surface area contributed by atoms with Gasteiger partial charge in [0.05, 0.1) is 17.8 Å². The summed E-state index contributed by atoms with van der Waals surface area (Å²) in [6.07, 6.45) is 4.37. The lowest BCUT2D eigenvalue weighted by molar-refractivity contribution is -0.402. The van der Waals surface area contributed by atoms with E-state index < -0.39 is 22.7 Å². The fraction of sp³-hybridized carbons (Fsp3) is 0. The van der Waals surface area contributed by atoms with Crippen LogP contribution in [0.4, 0.5) is 5.88 Å². The molecule has 0 unspecified atom stereocenters. The summed E-state index contributed by atoms with van der Waals surface area (Å²) in [4.78, 5) is 37.6. The van der Waals surface area contributed by atoms with Crippen LogP contribution in [0.2, 0.25) is 0 Å². The Morgan fingerprint density at radius 1 is 1.21 bits per heavy atom. The highest BCUT2D eigenvalue weighted by Gasteiger charge is 2.19. The Morgan fingerprint density at radius 2 is 1.97 bits per heavy atom. The molecule has 3 aromatic rings. The number of halogens is 1. The fourth-order valence-electron chi connectivity index (χ4n) is 2.08. The largest absolute Gasteiger partial charge is 0.433 e. The van der Waals surface area contributed by atoms with Gasteiger partial charge in [-0.05, 0) is 57.9 Å². The number of carbonyl (C=O) groups excluding carboxylic acids is 2. The molecule has 0 radical (unpaired) electrons. The number of carbonyl (C=O) groups is 2. The Kier molecular flexibility index (Phi) is 6.09. The standard InChI is InChI=1S/C18H11BrN4O6/c19-13-7-12(9-20-10-13)17(24)22-21-8-11-1-3-14(4-2-11)28-18(25)15-5-6-16(29-15)23(26)27/h1-10H,(H,22,24). The Balaban J connectivity index is 1.56. The summed E-state index contributed by atoms with van der Waals surface area (Å²) in [5, 5.41) is 14.4. The van der Waals surface area contributed by atoms with Crippen LogP contribution in [-0.2, 0) is 0 Å². The molecule has 1 N–H and O–H groups in total. The average Bonchev–Trinajstić information content (AvgIpc) is 3.20. The van der Waals surface area contributed by atoms with Gasteiger partial charge in [-0.3, -0.25) is 19.9 Å². The van der Waals surface area contributed by atoms with Gasteiger partial charge in [0.15, 0.2) is 0 Å². The zero-order valence-corrected chi connectivity index (χ0v) is 16.0. The van der Waals surface area contributed by atoms with E-state index in [0.29, 0.717) is 15.6 Å². The lowest BCUT2D eigenvalue weighted by Gasteiger charge is -2.02. The minimum atomic E-state index is -0.866. The van der Waals surface area contributed by atoms with E-state index in [1.807, 2.05) is 0 Å². The lowest BCUT2D eigenvalue weighted by atomic mass is 10.2. The number of hydrogen-bond donors (Lipinski definition) is 1.